The summed E-state index contributed by atoms with van der Waals surface area (Å²) in [5, 5.41) is 0. The zero-order valence-corrected chi connectivity index (χ0v) is 18.9. The molecule has 0 N–H and O–H groups in total. The van der Waals surface area contributed by atoms with Gasteiger partial charge in [-0.25, -0.2) is 0 Å². The highest BCUT2D eigenvalue weighted by molar-refractivity contribution is 8.03. The molecule has 0 saturated carbocycles. The van der Waals surface area contributed by atoms with Crippen molar-refractivity contribution in [2.45, 2.75) is 14.7 Å². The van der Waals surface area contributed by atoms with Crippen LogP contribution >= 0.6 is 0 Å². The average molecular weight is 409 g/mol. The molecule has 0 radical (unpaired) electrons. The van der Waals surface area contributed by atoms with Gasteiger partial charge in [-0.2, -0.15) is 0 Å². The van der Waals surface area contributed by atoms with Crippen LogP contribution in [-0.2, 0) is 14.1 Å². The smallest absolute Gasteiger partial charge is 0.182 e. The summed E-state index contributed by atoms with van der Waals surface area (Å²) in [6.07, 6.45) is 0. The van der Waals surface area contributed by atoms with Crippen molar-refractivity contribution in [3.05, 3.63) is 72.8 Å². The van der Waals surface area contributed by atoms with Crippen LogP contribution in [0.2, 0.25) is 0 Å². The Hall–Kier alpha value is -2.79. The van der Waals surface area contributed by atoms with Gasteiger partial charge in [-0.3, -0.25) is 0 Å². The van der Waals surface area contributed by atoms with Crippen LogP contribution in [0, 0.1) is 0 Å². The first-order valence-corrected chi connectivity index (χ1v) is 11.2. The molecule has 0 heterocycles. The third-order valence-corrected chi connectivity index (χ3v) is 7.86. The molecule has 0 aliphatic rings. The summed E-state index contributed by atoms with van der Waals surface area (Å²) >= 11 is 0. The minimum absolute atomic E-state index is 0.818. The molecule has 0 unspecified atom stereocenters. The number of benzene rings is 3. The first-order valence-electron chi connectivity index (χ1n) is 9.60. The van der Waals surface area contributed by atoms with E-state index in [0.29, 0.717) is 0 Å². The molecule has 0 aliphatic heterocycles. The maximum absolute atomic E-state index is 14.6. The van der Waals surface area contributed by atoms with Gasteiger partial charge in [0.25, 0.3) is 0 Å². The fourth-order valence-electron chi connectivity index (χ4n) is 3.22. The van der Waals surface area contributed by atoms with Crippen molar-refractivity contribution in [2.24, 2.45) is 0 Å². The molecule has 29 heavy (non-hydrogen) atoms. The Balaban J connectivity index is 2.15. The molecule has 0 amide bonds. The Morgan fingerprint density at radius 1 is 0.448 bits per heavy atom. The Bertz CT molecular complexity index is 860. The van der Waals surface area contributed by atoms with Crippen molar-refractivity contribution >= 4 is 27.0 Å². The van der Waals surface area contributed by atoms with Crippen molar-refractivity contribution < 1.29 is 4.21 Å². The molecule has 0 bridgehead atoms. The zero-order valence-electron chi connectivity index (χ0n) is 18.1. The number of nitrogens with zero attached hydrogens (tertiary/aromatic N) is 3. The molecule has 0 saturated heterocycles. The van der Waals surface area contributed by atoms with Crippen LogP contribution < -0.4 is 14.7 Å². The fraction of sp³-hybridized carbons (Fsp3) is 0.250. The number of rotatable bonds is 6. The lowest BCUT2D eigenvalue weighted by Crippen LogP contribution is -2.15. The second kappa shape index (κ2) is 8.29. The monoisotopic (exact) mass is 408 g/mol. The van der Waals surface area contributed by atoms with E-state index in [1.54, 1.807) is 0 Å². The van der Waals surface area contributed by atoms with Gasteiger partial charge in [0.1, 0.15) is 0 Å². The quantitative estimate of drug-likeness (QED) is 0.544. The van der Waals surface area contributed by atoms with Crippen LogP contribution in [0.25, 0.3) is 0 Å². The topological polar surface area (TPSA) is 26.8 Å². The second-order valence-electron chi connectivity index (χ2n) is 7.72. The number of hydrogen-bond acceptors (Lipinski definition) is 4. The Kier molecular flexibility index (Phi) is 5.99. The predicted octanol–water partition coefficient (Wildman–Crippen LogP) is 4.86. The van der Waals surface area contributed by atoms with E-state index in [-0.39, 0.29) is 0 Å². The van der Waals surface area contributed by atoms with E-state index in [1.165, 1.54) is 0 Å². The van der Waals surface area contributed by atoms with Crippen LogP contribution in [0.1, 0.15) is 0 Å². The molecule has 0 fully saturated rings. The predicted molar refractivity (Wildman–Crippen MR) is 125 cm³/mol. The van der Waals surface area contributed by atoms with Gasteiger partial charge in [0.05, 0.1) is 0 Å². The van der Waals surface area contributed by atoms with Crippen molar-refractivity contribution in [3.8, 4) is 0 Å². The van der Waals surface area contributed by atoms with Crippen LogP contribution in [0.4, 0.5) is 17.1 Å². The number of hydrogen-bond donors (Lipinski definition) is 0. The van der Waals surface area contributed by atoms with Gasteiger partial charge in [-0.05, 0) is 72.8 Å². The SMILES string of the molecule is CN(C)c1ccc([S+](=O)(c2ccc(N(C)C)cc2)c2ccc(N(C)C)cc2)cc1. The molecule has 0 atom stereocenters. The van der Waals surface area contributed by atoms with E-state index in [9.17, 15) is 4.21 Å². The van der Waals surface area contributed by atoms with Crippen molar-refractivity contribution in [3.63, 3.8) is 0 Å². The fourth-order valence-corrected chi connectivity index (χ4v) is 5.59. The van der Waals surface area contributed by atoms with Gasteiger partial charge < -0.3 is 14.7 Å². The van der Waals surface area contributed by atoms with Gasteiger partial charge in [0.2, 0.25) is 0 Å². The van der Waals surface area contributed by atoms with E-state index in [1.807, 2.05) is 130 Å². The lowest BCUT2D eigenvalue weighted by Gasteiger charge is -2.17. The van der Waals surface area contributed by atoms with Gasteiger partial charge in [-0.1, -0.05) is 4.21 Å². The summed E-state index contributed by atoms with van der Waals surface area (Å²) in [6.45, 7) is 0. The van der Waals surface area contributed by atoms with E-state index >= 15 is 0 Å². The highest BCUT2D eigenvalue weighted by Crippen LogP contribution is 2.38. The molecule has 0 aromatic heterocycles. The molecule has 3 aromatic rings. The van der Waals surface area contributed by atoms with Crippen molar-refractivity contribution in [2.75, 3.05) is 57.0 Å². The van der Waals surface area contributed by atoms with E-state index in [4.69, 9.17) is 0 Å². The summed E-state index contributed by atoms with van der Waals surface area (Å²) in [5.41, 5.74) is 3.25. The Morgan fingerprint density at radius 3 is 0.828 bits per heavy atom. The zero-order chi connectivity index (χ0) is 21.2. The summed E-state index contributed by atoms with van der Waals surface area (Å²) < 4.78 is 14.6. The molecule has 4 nitrogen and oxygen atoms in total. The normalized spacial score (nSPS) is 11.2. The summed E-state index contributed by atoms with van der Waals surface area (Å²) in [5.74, 6) is 0. The Labute approximate surface area is 175 Å². The Morgan fingerprint density at radius 2 is 0.655 bits per heavy atom. The van der Waals surface area contributed by atoms with Gasteiger partial charge in [0.15, 0.2) is 24.6 Å². The standard InChI is InChI=1S/C24H30N3OS/c1-25(2)19-7-13-22(14-8-19)29(28,23-15-9-20(10-16-23)26(3)4)24-17-11-21(12-18-24)27(5)6/h7-18H,1-6H3/q+1. The lowest BCUT2D eigenvalue weighted by molar-refractivity contribution is 0.584. The van der Waals surface area contributed by atoms with E-state index in [0.717, 1.165) is 31.7 Å². The van der Waals surface area contributed by atoms with Gasteiger partial charge in [-0.15, -0.1) is 0 Å². The third kappa shape index (κ3) is 4.15. The van der Waals surface area contributed by atoms with Crippen molar-refractivity contribution in [1.29, 1.82) is 0 Å². The van der Waals surface area contributed by atoms with Crippen LogP contribution in [-0.4, -0.2) is 42.3 Å². The molecule has 152 valence electrons. The summed E-state index contributed by atoms with van der Waals surface area (Å²) in [7, 11) is 9.43. The summed E-state index contributed by atoms with van der Waals surface area (Å²) in [6, 6.07) is 24.1. The summed E-state index contributed by atoms with van der Waals surface area (Å²) in [4.78, 5) is 8.59. The maximum Gasteiger partial charge on any atom is 0.182 e. The molecular weight excluding hydrogens is 378 g/mol. The maximum atomic E-state index is 14.6. The van der Waals surface area contributed by atoms with Crippen LogP contribution in [0.5, 0.6) is 0 Å². The molecule has 3 aromatic carbocycles. The second-order valence-corrected chi connectivity index (χ2v) is 10.2. The van der Waals surface area contributed by atoms with Gasteiger partial charge in [0, 0.05) is 59.3 Å². The van der Waals surface area contributed by atoms with Crippen molar-refractivity contribution in [1.82, 2.24) is 0 Å². The van der Waals surface area contributed by atoms with E-state index < -0.39 is 9.93 Å². The highest BCUT2D eigenvalue weighted by Gasteiger charge is 2.37. The van der Waals surface area contributed by atoms with Crippen LogP contribution in [0.15, 0.2) is 87.5 Å². The first kappa shape index (κ1) is 20.9. The minimum atomic E-state index is -2.61. The third-order valence-electron chi connectivity index (χ3n) is 5.06. The number of anilines is 3. The largest absolute Gasteiger partial charge is 0.378 e. The average Bonchev–Trinajstić information content (AvgIpc) is 2.73. The van der Waals surface area contributed by atoms with E-state index in [2.05, 4.69) is 0 Å². The molecule has 3 rings (SSSR count). The lowest BCUT2D eigenvalue weighted by atomic mass is 10.3. The molecule has 0 spiro atoms. The highest BCUT2D eigenvalue weighted by atomic mass is 32.2. The molecular formula is C24H30N3OS+. The molecule has 5 heteroatoms. The minimum Gasteiger partial charge on any atom is -0.378 e. The van der Waals surface area contributed by atoms with Gasteiger partial charge >= 0.3 is 0 Å². The molecule has 0 aliphatic carbocycles. The first-order chi connectivity index (χ1) is 13.7. The van der Waals surface area contributed by atoms with Crippen LogP contribution in [0.3, 0.4) is 0 Å².